The Labute approximate surface area is 121 Å². The molecule has 1 aromatic heterocycles. The minimum atomic E-state index is -0.152. The number of aromatic nitrogens is 1. The maximum Gasteiger partial charge on any atom is 0.249 e. The smallest absolute Gasteiger partial charge is 0.249 e. The van der Waals surface area contributed by atoms with Gasteiger partial charge in [0.25, 0.3) is 0 Å². The number of aromatic amines is 1. The monoisotopic (exact) mass is 282 g/mol. The van der Waals surface area contributed by atoms with Crippen LogP contribution in [-0.4, -0.2) is 10.7 Å². The summed E-state index contributed by atoms with van der Waals surface area (Å²) in [6.45, 7) is 0. The quantitative estimate of drug-likeness (QED) is 0.874. The molecule has 0 amide bonds. The number of nitriles is 1. The Kier molecular flexibility index (Phi) is 3.62. The predicted octanol–water partition coefficient (Wildman–Crippen LogP) is 3.42. The maximum absolute atomic E-state index is 11.8. The predicted molar refractivity (Wildman–Crippen MR) is 80.7 cm³/mol. The first-order chi connectivity index (χ1) is 9.78. The van der Waals surface area contributed by atoms with E-state index >= 15 is 0 Å². The molecule has 20 heavy (non-hydrogen) atoms. The second-order valence-electron chi connectivity index (χ2n) is 4.98. The van der Waals surface area contributed by atoms with Gasteiger partial charge in [0.15, 0.2) is 0 Å². The van der Waals surface area contributed by atoms with Gasteiger partial charge in [-0.1, -0.05) is 30.3 Å². The zero-order valence-corrected chi connectivity index (χ0v) is 11.7. The summed E-state index contributed by atoms with van der Waals surface area (Å²) in [4.78, 5) is 14.6. The Balaban J connectivity index is 2.04. The van der Waals surface area contributed by atoms with Crippen LogP contribution < -0.4 is 5.56 Å². The second kappa shape index (κ2) is 5.56. The van der Waals surface area contributed by atoms with Gasteiger partial charge in [0, 0.05) is 17.4 Å². The summed E-state index contributed by atoms with van der Waals surface area (Å²) in [6, 6.07) is 13.3. The molecule has 0 aliphatic heterocycles. The highest BCUT2D eigenvalue weighted by atomic mass is 32.2. The van der Waals surface area contributed by atoms with Crippen LogP contribution in [-0.2, 0) is 0 Å². The Morgan fingerprint density at radius 3 is 2.70 bits per heavy atom. The summed E-state index contributed by atoms with van der Waals surface area (Å²) in [5, 5.41) is 10.1. The largest absolute Gasteiger partial charge is 0.316 e. The van der Waals surface area contributed by atoms with E-state index in [9.17, 15) is 10.1 Å². The minimum Gasteiger partial charge on any atom is -0.316 e. The first kappa shape index (κ1) is 13.0. The van der Waals surface area contributed by atoms with Crippen LogP contribution in [0.3, 0.4) is 0 Å². The lowest BCUT2D eigenvalue weighted by atomic mass is 10.0. The molecule has 3 rings (SSSR count). The van der Waals surface area contributed by atoms with Gasteiger partial charge in [-0.25, -0.2) is 0 Å². The van der Waals surface area contributed by atoms with Crippen LogP contribution in [0.15, 0.2) is 46.2 Å². The Morgan fingerprint density at radius 1 is 1.30 bits per heavy atom. The Bertz CT molecular complexity index is 711. The third-order valence-corrected chi connectivity index (χ3v) is 4.60. The van der Waals surface area contributed by atoms with E-state index in [1.165, 1.54) is 18.9 Å². The van der Waals surface area contributed by atoms with Crippen LogP contribution in [0.4, 0.5) is 0 Å². The lowest BCUT2D eigenvalue weighted by Gasteiger charge is -2.08. The van der Waals surface area contributed by atoms with Gasteiger partial charge in [-0.2, -0.15) is 5.26 Å². The highest BCUT2D eigenvalue weighted by Gasteiger charge is 2.22. The lowest BCUT2D eigenvalue weighted by molar-refractivity contribution is 0.987. The SMILES string of the molecule is N#Cc1c(-c2ccccc2)cc(=O)[nH]c1SCC1CC1. The van der Waals surface area contributed by atoms with Crippen molar-refractivity contribution in [3.8, 4) is 17.2 Å². The van der Waals surface area contributed by atoms with Gasteiger partial charge in [-0.3, -0.25) is 4.79 Å². The summed E-state index contributed by atoms with van der Waals surface area (Å²) >= 11 is 1.59. The molecule has 0 spiro atoms. The summed E-state index contributed by atoms with van der Waals surface area (Å²) < 4.78 is 0. The molecule has 1 fully saturated rings. The van der Waals surface area contributed by atoms with E-state index in [2.05, 4.69) is 11.1 Å². The van der Waals surface area contributed by atoms with E-state index in [0.29, 0.717) is 10.6 Å². The molecule has 0 unspecified atom stereocenters. The number of hydrogen-bond donors (Lipinski definition) is 1. The van der Waals surface area contributed by atoms with E-state index in [1.54, 1.807) is 11.8 Å². The van der Waals surface area contributed by atoms with E-state index in [1.807, 2.05) is 30.3 Å². The number of nitrogens with one attached hydrogen (secondary N) is 1. The molecule has 0 radical (unpaired) electrons. The Morgan fingerprint density at radius 2 is 2.05 bits per heavy atom. The topological polar surface area (TPSA) is 56.6 Å². The molecule has 1 aliphatic carbocycles. The summed E-state index contributed by atoms with van der Waals surface area (Å²) in [5.74, 6) is 1.72. The number of rotatable bonds is 4. The van der Waals surface area contributed by atoms with Crippen LogP contribution in [0.1, 0.15) is 18.4 Å². The fourth-order valence-electron chi connectivity index (χ4n) is 2.09. The highest BCUT2D eigenvalue weighted by molar-refractivity contribution is 7.99. The molecule has 2 aromatic rings. The van der Waals surface area contributed by atoms with Crippen LogP contribution >= 0.6 is 11.8 Å². The van der Waals surface area contributed by atoms with E-state index in [-0.39, 0.29) is 5.56 Å². The summed E-state index contributed by atoms with van der Waals surface area (Å²) in [7, 11) is 0. The molecule has 0 saturated heterocycles. The van der Waals surface area contributed by atoms with Gasteiger partial charge in [0.05, 0.1) is 10.6 Å². The van der Waals surface area contributed by atoms with Gasteiger partial charge < -0.3 is 4.98 Å². The van der Waals surface area contributed by atoms with E-state index < -0.39 is 0 Å². The molecule has 0 atom stereocenters. The Hall–Kier alpha value is -1.99. The molecule has 1 aliphatic rings. The van der Waals surface area contributed by atoms with Crippen molar-refractivity contribution >= 4 is 11.8 Å². The molecule has 100 valence electrons. The summed E-state index contributed by atoms with van der Waals surface area (Å²) in [5.41, 5.74) is 2.04. The first-order valence-corrected chi connectivity index (χ1v) is 7.62. The van der Waals surface area contributed by atoms with E-state index in [0.717, 1.165) is 22.8 Å². The third-order valence-electron chi connectivity index (χ3n) is 3.37. The fourth-order valence-corrected chi connectivity index (χ4v) is 3.29. The van der Waals surface area contributed by atoms with Crippen molar-refractivity contribution in [1.29, 1.82) is 5.26 Å². The van der Waals surface area contributed by atoms with Crippen LogP contribution in [0, 0.1) is 17.2 Å². The normalized spacial score (nSPS) is 13.9. The maximum atomic E-state index is 11.8. The van der Waals surface area contributed by atoms with Crippen molar-refractivity contribution in [2.24, 2.45) is 5.92 Å². The number of thioether (sulfide) groups is 1. The van der Waals surface area contributed by atoms with Crippen molar-refractivity contribution in [2.75, 3.05) is 5.75 Å². The van der Waals surface area contributed by atoms with Gasteiger partial charge in [-0.05, 0) is 24.3 Å². The highest BCUT2D eigenvalue weighted by Crippen LogP contribution is 2.36. The number of H-pyrrole nitrogens is 1. The van der Waals surface area contributed by atoms with Gasteiger partial charge in [-0.15, -0.1) is 11.8 Å². The molecule has 1 aromatic carbocycles. The molecule has 1 heterocycles. The lowest BCUT2D eigenvalue weighted by Crippen LogP contribution is -2.08. The van der Waals surface area contributed by atoms with Gasteiger partial charge >= 0.3 is 0 Å². The standard InChI is InChI=1S/C16H14N2OS/c17-9-14-13(12-4-2-1-3-5-12)8-15(19)18-16(14)20-10-11-6-7-11/h1-5,8,11H,6-7,10H2,(H,18,19). The minimum absolute atomic E-state index is 0.152. The number of pyridine rings is 1. The molecule has 1 N–H and O–H groups in total. The molecule has 3 nitrogen and oxygen atoms in total. The first-order valence-electron chi connectivity index (χ1n) is 6.63. The molecular weight excluding hydrogens is 268 g/mol. The van der Waals surface area contributed by atoms with E-state index in [4.69, 9.17) is 0 Å². The number of hydrogen-bond acceptors (Lipinski definition) is 3. The molecule has 0 bridgehead atoms. The van der Waals surface area contributed by atoms with Crippen LogP contribution in [0.5, 0.6) is 0 Å². The molecular formula is C16H14N2OS. The molecule has 1 saturated carbocycles. The second-order valence-corrected chi connectivity index (χ2v) is 6.01. The van der Waals surface area contributed by atoms with Crippen molar-refractivity contribution in [3.05, 3.63) is 52.3 Å². The van der Waals surface area contributed by atoms with Gasteiger partial charge in [0.1, 0.15) is 6.07 Å². The van der Waals surface area contributed by atoms with Crippen molar-refractivity contribution < 1.29 is 0 Å². The summed E-state index contributed by atoms with van der Waals surface area (Å²) in [6.07, 6.45) is 2.52. The van der Waals surface area contributed by atoms with Gasteiger partial charge in [0.2, 0.25) is 5.56 Å². The zero-order chi connectivity index (χ0) is 13.9. The fraction of sp³-hybridized carbons (Fsp3) is 0.250. The third kappa shape index (κ3) is 2.78. The van der Waals surface area contributed by atoms with Crippen LogP contribution in [0.25, 0.3) is 11.1 Å². The van der Waals surface area contributed by atoms with Crippen LogP contribution in [0.2, 0.25) is 0 Å². The number of benzene rings is 1. The number of nitrogens with zero attached hydrogens (tertiary/aromatic N) is 1. The average molecular weight is 282 g/mol. The average Bonchev–Trinajstić information content (AvgIpc) is 3.29. The van der Waals surface area contributed by atoms with Crippen molar-refractivity contribution in [3.63, 3.8) is 0 Å². The molecule has 4 heteroatoms. The van der Waals surface area contributed by atoms with Crippen molar-refractivity contribution in [2.45, 2.75) is 17.9 Å². The van der Waals surface area contributed by atoms with Crippen molar-refractivity contribution in [1.82, 2.24) is 4.98 Å². The zero-order valence-electron chi connectivity index (χ0n) is 10.9.